The van der Waals surface area contributed by atoms with E-state index in [1.807, 2.05) is 24.3 Å². The van der Waals surface area contributed by atoms with E-state index in [0.717, 1.165) is 12.2 Å². The van der Waals surface area contributed by atoms with Crippen LogP contribution in [0.25, 0.3) is 0 Å². The summed E-state index contributed by atoms with van der Waals surface area (Å²) in [4.78, 5) is 29.6. The van der Waals surface area contributed by atoms with Crippen molar-refractivity contribution >= 4 is 17.5 Å². The molecule has 3 atom stereocenters. The summed E-state index contributed by atoms with van der Waals surface area (Å²) in [6.07, 6.45) is 6.57. The Kier molecular flexibility index (Phi) is 5.85. The molecule has 28 heavy (non-hydrogen) atoms. The number of ether oxygens (including phenoxy) is 1. The summed E-state index contributed by atoms with van der Waals surface area (Å²) in [5, 5.41) is 3.17. The van der Waals surface area contributed by atoms with Crippen molar-refractivity contribution in [3.63, 3.8) is 0 Å². The molecule has 1 aromatic rings. The molecule has 3 aliphatic rings. The van der Waals surface area contributed by atoms with Gasteiger partial charge in [0, 0.05) is 37.3 Å². The van der Waals surface area contributed by atoms with E-state index >= 15 is 0 Å². The zero-order chi connectivity index (χ0) is 19.5. The number of hydrogen-bond donors (Lipinski definition) is 1. The monoisotopic (exact) mass is 385 g/mol. The van der Waals surface area contributed by atoms with Crippen LogP contribution in [0.2, 0.25) is 0 Å². The maximum Gasteiger partial charge on any atom is 0.227 e. The third-order valence-corrected chi connectivity index (χ3v) is 6.63. The van der Waals surface area contributed by atoms with Crippen molar-refractivity contribution in [3.05, 3.63) is 24.3 Å². The van der Waals surface area contributed by atoms with Crippen LogP contribution >= 0.6 is 0 Å². The normalized spacial score (nSPS) is 28.1. The summed E-state index contributed by atoms with van der Waals surface area (Å²) in [5.41, 5.74) is 0.796. The first-order valence-corrected chi connectivity index (χ1v) is 10.6. The van der Waals surface area contributed by atoms with E-state index in [4.69, 9.17) is 4.74 Å². The van der Waals surface area contributed by atoms with Crippen LogP contribution in [0.3, 0.4) is 0 Å². The predicted molar refractivity (Wildman–Crippen MR) is 108 cm³/mol. The van der Waals surface area contributed by atoms with E-state index in [1.54, 1.807) is 12.0 Å². The molecule has 0 saturated carbocycles. The van der Waals surface area contributed by atoms with Crippen molar-refractivity contribution in [3.8, 4) is 5.75 Å². The third kappa shape index (κ3) is 4.02. The van der Waals surface area contributed by atoms with Gasteiger partial charge in [-0.2, -0.15) is 0 Å². The average molecular weight is 386 g/mol. The number of anilines is 1. The molecule has 1 N–H and O–H groups in total. The van der Waals surface area contributed by atoms with Crippen LogP contribution < -0.4 is 15.0 Å². The Morgan fingerprint density at radius 3 is 2.93 bits per heavy atom. The van der Waals surface area contributed by atoms with Crippen LogP contribution in [0.4, 0.5) is 5.69 Å². The van der Waals surface area contributed by atoms with Crippen molar-refractivity contribution in [1.29, 1.82) is 0 Å². The van der Waals surface area contributed by atoms with Gasteiger partial charge in [-0.05, 0) is 56.8 Å². The number of hydrogen-bond acceptors (Lipinski definition) is 4. The summed E-state index contributed by atoms with van der Waals surface area (Å²) >= 11 is 0. The first kappa shape index (κ1) is 19.2. The van der Waals surface area contributed by atoms with Crippen molar-refractivity contribution < 1.29 is 14.3 Å². The highest BCUT2D eigenvalue weighted by molar-refractivity contribution is 6.00. The number of carbonyl (C=O) groups is 2. The molecule has 3 aliphatic heterocycles. The number of amides is 2. The van der Waals surface area contributed by atoms with Crippen LogP contribution in [0.5, 0.6) is 5.75 Å². The van der Waals surface area contributed by atoms with Gasteiger partial charge in [-0.15, -0.1) is 0 Å². The predicted octanol–water partition coefficient (Wildman–Crippen LogP) is 2.43. The molecule has 0 aromatic heterocycles. The van der Waals surface area contributed by atoms with Crippen LogP contribution in [0.15, 0.2) is 24.3 Å². The third-order valence-electron chi connectivity index (χ3n) is 6.63. The molecular weight excluding hydrogens is 354 g/mol. The molecule has 0 bridgehead atoms. The molecule has 4 rings (SSSR count). The van der Waals surface area contributed by atoms with E-state index < -0.39 is 0 Å². The Hall–Kier alpha value is -2.08. The van der Waals surface area contributed by atoms with E-state index in [9.17, 15) is 9.59 Å². The summed E-state index contributed by atoms with van der Waals surface area (Å²) < 4.78 is 5.25. The van der Waals surface area contributed by atoms with Gasteiger partial charge < -0.3 is 19.9 Å². The molecule has 152 valence electrons. The van der Waals surface area contributed by atoms with Crippen molar-refractivity contribution in [2.75, 3.05) is 38.2 Å². The van der Waals surface area contributed by atoms with Gasteiger partial charge in [0.15, 0.2) is 0 Å². The molecule has 0 radical (unpaired) electrons. The molecule has 3 fully saturated rings. The minimum Gasteiger partial charge on any atom is -0.497 e. The number of nitrogens with zero attached hydrogens (tertiary/aromatic N) is 2. The highest BCUT2D eigenvalue weighted by atomic mass is 16.5. The second kappa shape index (κ2) is 8.52. The molecular formula is C22H31N3O3. The standard InChI is InChI=1S/C22H31N3O3/c1-28-19-8-4-7-18(13-19)25-15-17(12-21(25)26)22(27)23-14-16-6-5-11-24-10-3-2-9-20(16)24/h4,7-8,13,16-17,20H,2-3,5-6,9-12,14-15H2,1H3,(H,23,27)/t16-,17+,20+/m0/s1. The summed E-state index contributed by atoms with van der Waals surface area (Å²) in [6.45, 7) is 3.60. The SMILES string of the molecule is COc1cccc(N2C[C@H](C(=O)NC[C@@H]3CCCN4CCCC[C@H]34)CC2=O)c1. The lowest BCUT2D eigenvalue weighted by Crippen LogP contribution is -2.51. The number of nitrogens with one attached hydrogen (secondary N) is 1. The van der Waals surface area contributed by atoms with Gasteiger partial charge in [0.2, 0.25) is 11.8 Å². The van der Waals surface area contributed by atoms with Gasteiger partial charge in [-0.25, -0.2) is 0 Å². The highest BCUT2D eigenvalue weighted by Crippen LogP contribution is 2.31. The Bertz CT molecular complexity index is 721. The van der Waals surface area contributed by atoms with Crippen molar-refractivity contribution in [1.82, 2.24) is 10.2 Å². The first-order chi connectivity index (χ1) is 13.7. The molecule has 0 unspecified atom stereocenters. The maximum absolute atomic E-state index is 12.8. The molecule has 2 amide bonds. The Morgan fingerprint density at radius 1 is 1.21 bits per heavy atom. The quantitative estimate of drug-likeness (QED) is 0.846. The van der Waals surface area contributed by atoms with Gasteiger partial charge in [-0.3, -0.25) is 9.59 Å². The molecule has 0 spiro atoms. The van der Waals surface area contributed by atoms with Crippen molar-refractivity contribution in [2.45, 2.75) is 44.6 Å². The zero-order valence-corrected chi connectivity index (χ0v) is 16.7. The number of carbonyl (C=O) groups excluding carboxylic acids is 2. The fourth-order valence-corrected chi connectivity index (χ4v) is 5.10. The van der Waals surface area contributed by atoms with E-state index in [-0.39, 0.29) is 24.2 Å². The minimum absolute atomic E-state index is 0.00419. The van der Waals surface area contributed by atoms with Gasteiger partial charge >= 0.3 is 0 Å². The molecule has 3 heterocycles. The maximum atomic E-state index is 12.8. The number of fused-ring (bicyclic) bond motifs is 1. The van der Waals surface area contributed by atoms with Gasteiger partial charge in [0.25, 0.3) is 0 Å². The lowest BCUT2D eigenvalue weighted by molar-refractivity contribution is -0.126. The summed E-state index contributed by atoms with van der Waals surface area (Å²) in [7, 11) is 1.61. The first-order valence-electron chi connectivity index (χ1n) is 10.6. The lowest BCUT2D eigenvalue weighted by atomic mass is 9.83. The molecule has 6 heteroatoms. The lowest BCUT2D eigenvalue weighted by Gasteiger charge is -2.44. The minimum atomic E-state index is -0.273. The van der Waals surface area contributed by atoms with Gasteiger partial charge in [-0.1, -0.05) is 12.5 Å². The fourth-order valence-electron chi connectivity index (χ4n) is 5.10. The number of methoxy groups -OCH3 is 1. The van der Waals surface area contributed by atoms with Crippen LogP contribution in [0, 0.1) is 11.8 Å². The Labute approximate surface area is 167 Å². The Morgan fingerprint density at radius 2 is 2.07 bits per heavy atom. The molecule has 1 aromatic carbocycles. The van der Waals surface area contributed by atoms with Gasteiger partial charge in [0.1, 0.15) is 5.75 Å². The molecule has 0 aliphatic carbocycles. The van der Waals surface area contributed by atoms with E-state index in [1.165, 1.54) is 45.2 Å². The van der Waals surface area contributed by atoms with Gasteiger partial charge in [0.05, 0.1) is 13.0 Å². The van der Waals surface area contributed by atoms with Crippen LogP contribution in [0.1, 0.15) is 38.5 Å². The van der Waals surface area contributed by atoms with Crippen LogP contribution in [-0.2, 0) is 9.59 Å². The van der Waals surface area contributed by atoms with Crippen molar-refractivity contribution in [2.24, 2.45) is 11.8 Å². The van der Waals surface area contributed by atoms with E-state index in [2.05, 4.69) is 10.2 Å². The van der Waals surface area contributed by atoms with Crippen LogP contribution in [-0.4, -0.2) is 56.0 Å². The zero-order valence-electron chi connectivity index (χ0n) is 16.7. The second-order valence-electron chi connectivity index (χ2n) is 8.35. The second-order valence-corrected chi connectivity index (χ2v) is 8.35. The number of piperidine rings is 2. The molecule has 3 saturated heterocycles. The number of benzene rings is 1. The topological polar surface area (TPSA) is 61.9 Å². The number of rotatable bonds is 5. The summed E-state index contributed by atoms with van der Waals surface area (Å²) in [6, 6.07) is 8.08. The highest BCUT2D eigenvalue weighted by Gasteiger charge is 2.37. The average Bonchev–Trinajstić information content (AvgIpc) is 3.13. The fraction of sp³-hybridized carbons (Fsp3) is 0.636. The summed E-state index contributed by atoms with van der Waals surface area (Å²) in [5.74, 6) is 1.01. The van der Waals surface area contributed by atoms with E-state index in [0.29, 0.717) is 24.3 Å². The largest absolute Gasteiger partial charge is 0.497 e. The Balaban J connectivity index is 1.33. The molecule has 6 nitrogen and oxygen atoms in total. The smallest absolute Gasteiger partial charge is 0.227 e.